The fraction of sp³-hybridized carbons (Fsp3) is 0.364. The summed E-state index contributed by atoms with van der Waals surface area (Å²) in [5.41, 5.74) is 1.98. The molecule has 0 heterocycles. The lowest BCUT2D eigenvalue weighted by Crippen LogP contribution is -2.44. The van der Waals surface area contributed by atoms with Crippen LogP contribution in [0.2, 0.25) is 0 Å². The summed E-state index contributed by atoms with van der Waals surface area (Å²) < 4.78 is 4.92. The second-order valence-corrected chi connectivity index (χ2v) is 4.51. The van der Waals surface area contributed by atoms with Gasteiger partial charge in [-0.15, -0.1) is 0 Å². The molecule has 98 valence electrons. The SMILES string of the molecule is CC(C)(C)OC(=O)N(Nc1ccccc1)[N+](=O)[O-]. The molecule has 0 bridgehead atoms. The average Bonchev–Trinajstić information content (AvgIpc) is 2.24. The first-order chi connectivity index (χ1) is 8.29. The third-order valence-corrected chi connectivity index (χ3v) is 1.74. The second kappa shape index (κ2) is 5.35. The zero-order valence-corrected chi connectivity index (χ0v) is 10.4. The summed E-state index contributed by atoms with van der Waals surface area (Å²) >= 11 is 0. The smallest absolute Gasteiger partial charge is 0.439 e. The van der Waals surface area contributed by atoms with Gasteiger partial charge in [0.1, 0.15) is 5.60 Å². The maximum absolute atomic E-state index is 11.6. The van der Waals surface area contributed by atoms with Crippen LogP contribution in [0, 0.1) is 10.1 Å². The monoisotopic (exact) mass is 253 g/mol. The molecule has 0 atom stereocenters. The Bertz CT molecular complexity index is 428. The predicted molar refractivity (Wildman–Crippen MR) is 65.1 cm³/mol. The highest BCUT2D eigenvalue weighted by molar-refractivity contribution is 5.68. The number of para-hydroxylation sites is 1. The molecule has 18 heavy (non-hydrogen) atoms. The van der Waals surface area contributed by atoms with E-state index in [9.17, 15) is 14.9 Å². The van der Waals surface area contributed by atoms with E-state index in [1.54, 1.807) is 51.1 Å². The molecule has 0 saturated carbocycles. The molecule has 0 aliphatic heterocycles. The van der Waals surface area contributed by atoms with Crippen LogP contribution in [0.25, 0.3) is 0 Å². The number of anilines is 1. The fourth-order valence-corrected chi connectivity index (χ4v) is 1.09. The van der Waals surface area contributed by atoms with Crippen molar-refractivity contribution in [1.29, 1.82) is 0 Å². The van der Waals surface area contributed by atoms with Gasteiger partial charge in [0.2, 0.25) is 0 Å². The number of ether oxygens (including phenoxy) is 1. The molecule has 1 aromatic rings. The van der Waals surface area contributed by atoms with Crippen molar-refractivity contribution >= 4 is 11.8 Å². The van der Waals surface area contributed by atoms with Gasteiger partial charge in [0, 0.05) is 0 Å². The predicted octanol–water partition coefficient (Wildman–Crippen LogP) is 2.44. The Labute approximate surface area is 104 Å². The molecule has 0 aromatic heterocycles. The van der Waals surface area contributed by atoms with Gasteiger partial charge in [-0.25, -0.2) is 20.3 Å². The van der Waals surface area contributed by atoms with Crippen LogP contribution >= 0.6 is 0 Å². The quantitative estimate of drug-likeness (QED) is 0.660. The summed E-state index contributed by atoms with van der Waals surface area (Å²) in [7, 11) is 0. The number of nitrogens with zero attached hydrogens (tertiary/aromatic N) is 2. The van der Waals surface area contributed by atoms with Crippen LogP contribution in [0.3, 0.4) is 0 Å². The van der Waals surface area contributed by atoms with Crippen LogP contribution < -0.4 is 5.43 Å². The number of carbonyl (C=O) groups excluding carboxylic acids is 1. The van der Waals surface area contributed by atoms with E-state index in [0.717, 1.165) is 0 Å². The number of benzene rings is 1. The van der Waals surface area contributed by atoms with Crippen molar-refractivity contribution in [2.24, 2.45) is 0 Å². The van der Waals surface area contributed by atoms with Gasteiger partial charge < -0.3 is 4.74 Å². The maximum Gasteiger partial charge on any atom is 0.490 e. The Hall–Kier alpha value is -2.31. The molecule has 0 unspecified atom stereocenters. The molecular formula is C11H15N3O4. The topological polar surface area (TPSA) is 84.7 Å². The number of nitrogens with one attached hydrogen (secondary N) is 1. The van der Waals surface area contributed by atoms with Crippen LogP contribution in [0.5, 0.6) is 0 Å². The largest absolute Gasteiger partial charge is 0.490 e. The van der Waals surface area contributed by atoms with Gasteiger partial charge in [0.05, 0.1) is 10.8 Å². The standard InChI is InChI=1S/C11H15N3O4/c1-11(2,3)18-10(15)13(14(16)17)12-9-7-5-4-6-8-9/h4-8,12H,1-3H3. The molecule has 0 aliphatic rings. The van der Waals surface area contributed by atoms with E-state index < -0.39 is 16.7 Å². The van der Waals surface area contributed by atoms with Crippen LogP contribution in [-0.2, 0) is 4.74 Å². The summed E-state index contributed by atoms with van der Waals surface area (Å²) in [6.07, 6.45) is -1.07. The molecule has 1 aromatic carbocycles. The van der Waals surface area contributed by atoms with Crippen LogP contribution in [0.15, 0.2) is 30.3 Å². The van der Waals surface area contributed by atoms with Crippen LogP contribution in [0.1, 0.15) is 20.8 Å². The minimum absolute atomic E-state index is 0.209. The third-order valence-electron chi connectivity index (χ3n) is 1.74. The van der Waals surface area contributed by atoms with Gasteiger partial charge in [-0.2, -0.15) is 0 Å². The second-order valence-electron chi connectivity index (χ2n) is 4.51. The number of hydrogen-bond acceptors (Lipinski definition) is 5. The highest BCUT2D eigenvalue weighted by Gasteiger charge is 2.30. The van der Waals surface area contributed by atoms with Gasteiger partial charge in [0.25, 0.3) is 0 Å². The van der Waals surface area contributed by atoms with E-state index >= 15 is 0 Å². The Morgan fingerprint density at radius 2 is 1.89 bits per heavy atom. The fourth-order valence-electron chi connectivity index (χ4n) is 1.09. The Morgan fingerprint density at radius 1 is 1.33 bits per heavy atom. The number of carbonyl (C=O) groups is 1. The van der Waals surface area contributed by atoms with Crippen LogP contribution in [0.4, 0.5) is 10.5 Å². The lowest BCUT2D eigenvalue weighted by Gasteiger charge is -2.21. The minimum atomic E-state index is -1.07. The van der Waals surface area contributed by atoms with E-state index in [-0.39, 0.29) is 5.12 Å². The Balaban J connectivity index is 2.78. The molecule has 7 heteroatoms. The molecule has 0 aliphatic carbocycles. The summed E-state index contributed by atoms with van der Waals surface area (Å²) in [5.74, 6) is 0. The van der Waals surface area contributed by atoms with Crippen molar-refractivity contribution in [1.82, 2.24) is 5.12 Å². The highest BCUT2D eigenvalue weighted by Crippen LogP contribution is 2.12. The first-order valence-corrected chi connectivity index (χ1v) is 5.29. The van der Waals surface area contributed by atoms with E-state index in [4.69, 9.17) is 4.74 Å². The third kappa shape index (κ3) is 4.28. The van der Waals surface area contributed by atoms with Crippen molar-refractivity contribution < 1.29 is 14.6 Å². The first kappa shape index (κ1) is 13.8. The molecule has 7 nitrogen and oxygen atoms in total. The zero-order valence-electron chi connectivity index (χ0n) is 10.4. The van der Waals surface area contributed by atoms with Crippen LogP contribution in [-0.4, -0.2) is 21.8 Å². The van der Waals surface area contributed by atoms with Gasteiger partial charge in [-0.3, -0.25) is 0 Å². The van der Waals surface area contributed by atoms with E-state index in [2.05, 4.69) is 5.43 Å². The van der Waals surface area contributed by atoms with E-state index in [1.165, 1.54) is 0 Å². The van der Waals surface area contributed by atoms with Crippen molar-refractivity contribution in [3.05, 3.63) is 40.4 Å². The molecule has 1 rings (SSSR count). The maximum atomic E-state index is 11.6. The molecule has 0 fully saturated rings. The van der Waals surface area contributed by atoms with Gasteiger partial charge in [-0.1, -0.05) is 18.2 Å². The molecule has 1 N–H and O–H groups in total. The van der Waals surface area contributed by atoms with Gasteiger partial charge in [0.15, 0.2) is 5.03 Å². The van der Waals surface area contributed by atoms with E-state index in [1.807, 2.05) is 0 Å². The minimum Gasteiger partial charge on any atom is -0.439 e. The van der Waals surface area contributed by atoms with Crippen molar-refractivity contribution in [3.63, 3.8) is 0 Å². The first-order valence-electron chi connectivity index (χ1n) is 5.29. The van der Waals surface area contributed by atoms with Crippen molar-refractivity contribution in [2.45, 2.75) is 26.4 Å². The molecule has 0 saturated heterocycles. The van der Waals surface area contributed by atoms with E-state index in [0.29, 0.717) is 5.69 Å². The summed E-state index contributed by atoms with van der Waals surface area (Å²) in [6, 6.07) is 8.34. The summed E-state index contributed by atoms with van der Waals surface area (Å²) in [6.45, 7) is 4.89. The number of amides is 1. The lowest BCUT2D eigenvalue weighted by molar-refractivity contribution is -0.628. The average molecular weight is 253 g/mol. The Morgan fingerprint density at radius 3 is 2.33 bits per heavy atom. The number of hydrazine groups is 2. The summed E-state index contributed by atoms with van der Waals surface area (Å²) in [4.78, 5) is 22.4. The van der Waals surface area contributed by atoms with Gasteiger partial charge in [-0.05, 0) is 32.9 Å². The number of hydrogen-bond donors (Lipinski definition) is 1. The lowest BCUT2D eigenvalue weighted by atomic mass is 10.2. The van der Waals surface area contributed by atoms with Crippen molar-refractivity contribution in [3.8, 4) is 0 Å². The number of nitro groups is 1. The van der Waals surface area contributed by atoms with Gasteiger partial charge >= 0.3 is 6.09 Å². The molecule has 0 radical (unpaired) electrons. The highest BCUT2D eigenvalue weighted by atomic mass is 16.7. The molecule has 1 amide bonds. The number of rotatable bonds is 3. The normalized spacial score (nSPS) is 10.6. The zero-order chi connectivity index (χ0) is 13.8. The molecular weight excluding hydrogens is 238 g/mol. The summed E-state index contributed by atoms with van der Waals surface area (Å²) in [5, 5.41) is 10.1. The Kier molecular flexibility index (Phi) is 4.09. The van der Waals surface area contributed by atoms with Crippen molar-refractivity contribution in [2.75, 3.05) is 5.43 Å². The molecule has 0 spiro atoms.